The van der Waals surface area contributed by atoms with Crippen molar-refractivity contribution in [3.8, 4) is 0 Å². The van der Waals surface area contributed by atoms with Gasteiger partial charge in [-0.25, -0.2) is 0 Å². The first kappa shape index (κ1) is 18.4. The number of amides is 1. The Balaban J connectivity index is 2.69. The van der Waals surface area contributed by atoms with Gasteiger partial charge in [-0.3, -0.25) is 9.69 Å². The van der Waals surface area contributed by atoms with Gasteiger partial charge in [0.15, 0.2) is 0 Å². The third-order valence-corrected chi connectivity index (χ3v) is 4.20. The van der Waals surface area contributed by atoms with Crippen molar-refractivity contribution < 1.29 is 9.90 Å². The Morgan fingerprint density at radius 3 is 2.62 bits per heavy atom. The van der Waals surface area contributed by atoms with Crippen LogP contribution in [0, 0.1) is 0 Å². The maximum atomic E-state index is 12.2. The number of aliphatic hydroxyl groups is 1. The third kappa shape index (κ3) is 5.94. The van der Waals surface area contributed by atoms with Crippen molar-refractivity contribution in [1.82, 2.24) is 4.90 Å². The van der Waals surface area contributed by atoms with Crippen molar-refractivity contribution in [2.75, 3.05) is 25.0 Å². The number of anilines is 1. The highest BCUT2D eigenvalue weighted by Crippen LogP contribution is 2.25. The first-order valence-corrected chi connectivity index (χ1v) is 8.28. The summed E-state index contributed by atoms with van der Waals surface area (Å²) in [5, 5.41) is 12.5. The van der Waals surface area contributed by atoms with Gasteiger partial charge in [0.25, 0.3) is 0 Å². The van der Waals surface area contributed by atoms with E-state index in [9.17, 15) is 4.79 Å². The Morgan fingerprint density at radius 1 is 1.43 bits per heavy atom. The molecule has 0 aliphatic rings. The van der Waals surface area contributed by atoms with Crippen molar-refractivity contribution in [1.29, 1.82) is 0 Å². The first-order chi connectivity index (χ1) is 10.0. The molecule has 118 valence electrons. The summed E-state index contributed by atoms with van der Waals surface area (Å²) in [4.78, 5) is 14.2. The second-order valence-corrected chi connectivity index (χ2v) is 6.16. The molecule has 0 aliphatic heterocycles. The van der Waals surface area contributed by atoms with Gasteiger partial charge in [-0.1, -0.05) is 41.4 Å². The van der Waals surface area contributed by atoms with Gasteiger partial charge in [0.1, 0.15) is 0 Å². The predicted molar refractivity (Wildman–Crippen MR) is 90.8 cm³/mol. The zero-order valence-electron chi connectivity index (χ0n) is 12.4. The lowest BCUT2D eigenvalue weighted by atomic mass is 10.1. The standard InChI is InChI=1S/C15H22BrClN2O2/c1-3-12(4-2)19(7-8-20)10-15(21)18-14-6-5-11(16)9-13(14)17/h5-6,9,12,20H,3-4,7-8,10H2,1-2H3,(H,18,21). The van der Waals surface area contributed by atoms with E-state index in [1.54, 1.807) is 12.1 Å². The normalized spacial score (nSPS) is 11.2. The monoisotopic (exact) mass is 376 g/mol. The van der Waals surface area contributed by atoms with Gasteiger partial charge in [-0.15, -0.1) is 0 Å². The summed E-state index contributed by atoms with van der Waals surface area (Å²) in [7, 11) is 0. The summed E-state index contributed by atoms with van der Waals surface area (Å²) in [6, 6.07) is 5.62. The number of nitrogens with zero attached hydrogens (tertiary/aromatic N) is 1. The van der Waals surface area contributed by atoms with E-state index >= 15 is 0 Å². The quantitative estimate of drug-likeness (QED) is 0.729. The molecule has 21 heavy (non-hydrogen) atoms. The van der Waals surface area contributed by atoms with Gasteiger partial charge in [-0.2, -0.15) is 0 Å². The van der Waals surface area contributed by atoms with Crippen LogP contribution in [0.2, 0.25) is 5.02 Å². The highest BCUT2D eigenvalue weighted by Gasteiger charge is 2.18. The van der Waals surface area contributed by atoms with Gasteiger partial charge in [0.2, 0.25) is 5.91 Å². The summed E-state index contributed by atoms with van der Waals surface area (Å²) in [5.74, 6) is -0.125. The van der Waals surface area contributed by atoms with Crippen molar-refractivity contribution in [3.63, 3.8) is 0 Å². The predicted octanol–water partition coefficient (Wildman–Crippen LogP) is 3.52. The number of hydrogen-bond acceptors (Lipinski definition) is 3. The number of hydrogen-bond donors (Lipinski definition) is 2. The van der Waals surface area contributed by atoms with Crippen LogP contribution in [0.25, 0.3) is 0 Å². The van der Waals surface area contributed by atoms with E-state index in [0.717, 1.165) is 17.3 Å². The molecule has 0 atom stereocenters. The van der Waals surface area contributed by atoms with Crippen LogP contribution >= 0.6 is 27.5 Å². The maximum absolute atomic E-state index is 12.2. The van der Waals surface area contributed by atoms with Crippen molar-refractivity contribution in [2.24, 2.45) is 0 Å². The topological polar surface area (TPSA) is 52.6 Å². The number of rotatable bonds is 8. The van der Waals surface area contributed by atoms with Crippen LogP contribution in [0.15, 0.2) is 22.7 Å². The molecule has 0 unspecified atom stereocenters. The molecular formula is C15H22BrClN2O2. The van der Waals surface area contributed by atoms with Gasteiger partial charge in [0.05, 0.1) is 23.9 Å². The number of carbonyl (C=O) groups is 1. The highest BCUT2D eigenvalue weighted by molar-refractivity contribution is 9.10. The summed E-state index contributed by atoms with van der Waals surface area (Å²) in [6.45, 7) is 4.96. The van der Waals surface area contributed by atoms with Crippen LogP contribution in [0.3, 0.4) is 0 Å². The lowest BCUT2D eigenvalue weighted by Gasteiger charge is -2.29. The van der Waals surface area contributed by atoms with E-state index in [2.05, 4.69) is 35.1 Å². The fourth-order valence-corrected chi connectivity index (χ4v) is 3.01. The van der Waals surface area contributed by atoms with Crippen LogP contribution < -0.4 is 5.32 Å². The molecule has 1 amide bonds. The summed E-state index contributed by atoms with van der Waals surface area (Å²) in [6.07, 6.45) is 1.89. The molecule has 2 N–H and O–H groups in total. The molecule has 6 heteroatoms. The summed E-state index contributed by atoms with van der Waals surface area (Å²) < 4.78 is 0.865. The van der Waals surface area contributed by atoms with Gasteiger partial charge >= 0.3 is 0 Å². The zero-order valence-corrected chi connectivity index (χ0v) is 14.7. The SMILES string of the molecule is CCC(CC)N(CCO)CC(=O)Nc1ccc(Br)cc1Cl. The van der Waals surface area contributed by atoms with E-state index in [1.165, 1.54) is 0 Å². The third-order valence-electron chi connectivity index (χ3n) is 3.40. The maximum Gasteiger partial charge on any atom is 0.238 e. The average molecular weight is 378 g/mol. The number of aliphatic hydroxyl groups excluding tert-OH is 1. The average Bonchev–Trinajstić information content (AvgIpc) is 2.43. The summed E-state index contributed by atoms with van der Waals surface area (Å²) in [5.41, 5.74) is 0.596. The Hall–Kier alpha value is -0.620. The van der Waals surface area contributed by atoms with Crippen LogP contribution in [-0.2, 0) is 4.79 Å². The Morgan fingerprint density at radius 2 is 2.10 bits per heavy atom. The first-order valence-electron chi connectivity index (χ1n) is 7.11. The molecular weight excluding hydrogens is 356 g/mol. The second-order valence-electron chi connectivity index (χ2n) is 4.84. The number of benzene rings is 1. The number of carbonyl (C=O) groups excluding carboxylic acids is 1. The molecule has 0 heterocycles. The zero-order chi connectivity index (χ0) is 15.8. The lowest BCUT2D eigenvalue weighted by Crippen LogP contribution is -2.42. The second kappa shape index (κ2) is 9.41. The number of nitrogens with one attached hydrogen (secondary N) is 1. The minimum Gasteiger partial charge on any atom is -0.395 e. The molecule has 1 rings (SSSR count). The molecule has 0 saturated heterocycles. The molecule has 0 saturated carbocycles. The Bertz CT molecular complexity index is 467. The van der Waals surface area contributed by atoms with E-state index in [0.29, 0.717) is 23.3 Å². The molecule has 0 radical (unpaired) electrons. The fourth-order valence-electron chi connectivity index (χ4n) is 2.29. The van der Waals surface area contributed by atoms with Crippen LogP contribution in [0.1, 0.15) is 26.7 Å². The fraction of sp³-hybridized carbons (Fsp3) is 0.533. The molecule has 0 aromatic heterocycles. The number of halogens is 2. The van der Waals surface area contributed by atoms with Crippen LogP contribution in [0.4, 0.5) is 5.69 Å². The van der Waals surface area contributed by atoms with Gasteiger partial charge < -0.3 is 10.4 Å². The Labute approximate surface area is 139 Å². The molecule has 4 nitrogen and oxygen atoms in total. The van der Waals surface area contributed by atoms with Crippen molar-refractivity contribution in [3.05, 3.63) is 27.7 Å². The van der Waals surface area contributed by atoms with Crippen LogP contribution in [-0.4, -0.2) is 41.7 Å². The smallest absolute Gasteiger partial charge is 0.238 e. The lowest BCUT2D eigenvalue weighted by molar-refractivity contribution is -0.118. The highest BCUT2D eigenvalue weighted by atomic mass is 79.9. The van der Waals surface area contributed by atoms with Crippen molar-refractivity contribution >= 4 is 39.1 Å². The van der Waals surface area contributed by atoms with E-state index in [1.807, 2.05) is 11.0 Å². The van der Waals surface area contributed by atoms with Gasteiger partial charge in [-0.05, 0) is 31.0 Å². The van der Waals surface area contributed by atoms with Crippen LogP contribution in [0.5, 0.6) is 0 Å². The van der Waals surface area contributed by atoms with E-state index in [-0.39, 0.29) is 19.1 Å². The van der Waals surface area contributed by atoms with Crippen molar-refractivity contribution in [2.45, 2.75) is 32.7 Å². The molecule has 0 fully saturated rings. The minimum atomic E-state index is -0.125. The molecule has 0 bridgehead atoms. The molecule has 0 spiro atoms. The van der Waals surface area contributed by atoms with E-state index < -0.39 is 0 Å². The summed E-state index contributed by atoms with van der Waals surface area (Å²) >= 11 is 9.42. The van der Waals surface area contributed by atoms with E-state index in [4.69, 9.17) is 16.7 Å². The minimum absolute atomic E-state index is 0.0445. The molecule has 1 aromatic rings. The largest absolute Gasteiger partial charge is 0.395 e. The molecule has 0 aliphatic carbocycles. The molecule has 1 aromatic carbocycles. The Kier molecular flexibility index (Phi) is 8.26. The van der Waals surface area contributed by atoms with Gasteiger partial charge in [0, 0.05) is 17.1 Å².